The second-order valence-electron chi connectivity index (χ2n) is 4.73. The van der Waals surface area contributed by atoms with Gasteiger partial charge in [0.25, 0.3) is 0 Å². The summed E-state index contributed by atoms with van der Waals surface area (Å²) >= 11 is 5.21. The molecule has 2 aromatic rings. The van der Waals surface area contributed by atoms with Crippen molar-refractivity contribution in [3.8, 4) is 11.3 Å². The maximum atomic E-state index is 5.79. The van der Waals surface area contributed by atoms with Crippen LogP contribution in [0.3, 0.4) is 0 Å². The molecule has 19 heavy (non-hydrogen) atoms. The average molecular weight is 272 g/mol. The highest BCUT2D eigenvalue weighted by molar-refractivity contribution is 7.80. The van der Waals surface area contributed by atoms with Crippen LogP contribution in [0.2, 0.25) is 0 Å². The Hall–Kier alpha value is -1.81. The van der Waals surface area contributed by atoms with Gasteiger partial charge in [0.15, 0.2) is 5.11 Å². The van der Waals surface area contributed by atoms with Crippen molar-refractivity contribution in [3.63, 3.8) is 0 Å². The van der Waals surface area contributed by atoms with Crippen LogP contribution in [0.1, 0.15) is 18.6 Å². The largest absolute Gasteiger partial charge is 0.459 e. The maximum Gasteiger partial charge on any atom is 0.166 e. The van der Waals surface area contributed by atoms with Crippen LogP contribution in [-0.4, -0.2) is 11.2 Å². The van der Waals surface area contributed by atoms with Crippen molar-refractivity contribution in [1.82, 2.24) is 10.6 Å². The van der Waals surface area contributed by atoms with Crippen molar-refractivity contribution >= 4 is 17.3 Å². The second kappa shape index (κ2) is 5.45. The van der Waals surface area contributed by atoms with E-state index >= 15 is 0 Å². The van der Waals surface area contributed by atoms with Crippen molar-refractivity contribution in [2.24, 2.45) is 0 Å². The van der Waals surface area contributed by atoms with Gasteiger partial charge in [-0.25, -0.2) is 0 Å². The summed E-state index contributed by atoms with van der Waals surface area (Å²) < 4.78 is 5.79. The number of hydrogen-bond acceptors (Lipinski definition) is 2. The van der Waals surface area contributed by atoms with Gasteiger partial charge >= 0.3 is 0 Å². The quantitative estimate of drug-likeness (QED) is 0.839. The molecule has 0 amide bonds. The Bertz CT molecular complexity index is 561. The molecule has 1 heterocycles. The van der Waals surface area contributed by atoms with Crippen LogP contribution in [0.4, 0.5) is 0 Å². The molecular weight excluding hydrogens is 256 g/mol. The van der Waals surface area contributed by atoms with Gasteiger partial charge in [-0.3, -0.25) is 0 Å². The minimum absolute atomic E-state index is 0.580. The second-order valence-corrected chi connectivity index (χ2v) is 5.14. The van der Waals surface area contributed by atoms with E-state index in [-0.39, 0.29) is 0 Å². The van der Waals surface area contributed by atoms with Gasteiger partial charge in [-0.1, -0.05) is 30.3 Å². The van der Waals surface area contributed by atoms with Crippen LogP contribution in [-0.2, 0) is 6.54 Å². The number of nitrogens with one attached hydrogen (secondary N) is 2. The van der Waals surface area contributed by atoms with E-state index in [1.807, 2.05) is 42.5 Å². The lowest BCUT2D eigenvalue weighted by Gasteiger charge is -2.07. The van der Waals surface area contributed by atoms with E-state index in [1.165, 1.54) is 12.8 Å². The molecule has 0 unspecified atom stereocenters. The third-order valence-electron chi connectivity index (χ3n) is 3.06. The van der Waals surface area contributed by atoms with E-state index < -0.39 is 0 Å². The molecule has 1 aromatic carbocycles. The Kier molecular flexibility index (Phi) is 3.51. The summed E-state index contributed by atoms with van der Waals surface area (Å²) in [4.78, 5) is 0. The van der Waals surface area contributed by atoms with Gasteiger partial charge < -0.3 is 15.1 Å². The predicted molar refractivity (Wildman–Crippen MR) is 79.7 cm³/mol. The van der Waals surface area contributed by atoms with Crippen LogP contribution >= 0.6 is 12.2 Å². The number of furan rings is 1. The highest BCUT2D eigenvalue weighted by atomic mass is 32.1. The van der Waals surface area contributed by atoms with E-state index in [4.69, 9.17) is 16.6 Å². The van der Waals surface area contributed by atoms with Gasteiger partial charge in [-0.15, -0.1) is 0 Å². The first-order valence-corrected chi connectivity index (χ1v) is 6.90. The lowest BCUT2D eigenvalue weighted by molar-refractivity contribution is 0.514. The summed E-state index contributed by atoms with van der Waals surface area (Å²) in [5.74, 6) is 1.78. The van der Waals surface area contributed by atoms with Crippen LogP contribution in [0.25, 0.3) is 11.3 Å². The van der Waals surface area contributed by atoms with Crippen molar-refractivity contribution in [2.45, 2.75) is 25.4 Å². The predicted octanol–water partition coefficient (Wildman–Crippen LogP) is 3.07. The van der Waals surface area contributed by atoms with Crippen LogP contribution in [0.5, 0.6) is 0 Å². The molecule has 0 aliphatic heterocycles. The summed E-state index contributed by atoms with van der Waals surface area (Å²) in [7, 11) is 0. The van der Waals surface area contributed by atoms with Crippen LogP contribution in [0.15, 0.2) is 46.9 Å². The Morgan fingerprint density at radius 3 is 2.68 bits per heavy atom. The fourth-order valence-corrected chi connectivity index (χ4v) is 2.10. The summed E-state index contributed by atoms with van der Waals surface area (Å²) in [6.07, 6.45) is 2.45. The molecule has 2 N–H and O–H groups in total. The minimum Gasteiger partial charge on any atom is -0.459 e. The van der Waals surface area contributed by atoms with Crippen molar-refractivity contribution in [3.05, 3.63) is 48.2 Å². The number of hydrogen-bond donors (Lipinski definition) is 2. The average Bonchev–Trinajstić information content (AvgIpc) is 3.12. The first-order valence-electron chi connectivity index (χ1n) is 6.50. The molecule has 0 bridgehead atoms. The molecular formula is C15H16N2OS. The standard InChI is InChI=1S/C15H16N2OS/c19-15(17-12-6-7-12)16-10-13-8-9-14(18-13)11-4-2-1-3-5-11/h1-5,8-9,12H,6-7,10H2,(H2,16,17,19). The first kappa shape index (κ1) is 12.2. The molecule has 3 rings (SSSR count). The first-order chi connectivity index (χ1) is 9.31. The van der Waals surface area contributed by atoms with Crippen molar-refractivity contribution in [1.29, 1.82) is 0 Å². The Labute approximate surface area is 118 Å². The summed E-state index contributed by atoms with van der Waals surface area (Å²) in [5, 5.41) is 7.11. The van der Waals surface area contributed by atoms with Gasteiger partial charge in [0.1, 0.15) is 11.5 Å². The zero-order valence-corrected chi connectivity index (χ0v) is 11.4. The molecule has 1 aliphatic rings. The number of rotatable bonds is 4. The van der Waals surface area contributed by atoms with Crippen LogP contribution < -0.4 is 10.6 Å². The van der Waals surface area contributed by atoms with Gasteiger partial charge in [-0.05, 0) is 37.2 Å². The Morgan fingerprint density at radius 1 is 1.16 bits per heavy atom. The van der Waals surface area contributed by atoms with Crippen molar-refractivity contribution in [2.75, 3.05) is 0 Å². The van der Waals surface area contributed by atoms with E-state index in [9.17, 15) is 0 Å². The number of benzene rings is 1. The molecule has 3 nitrogen and oxygen atoms in total. The summed E-state index contributed by atoms with van der Waals surface area (Å²) in [5.41, 5.74) is 1.09. The molecule has 0 spiro atoms. The minimum atomic E-state index is 0.580. The fraction of sp³-hybridized carbons (Fsp3) is 0.267. The molecule has 1 aromatic heterocycles. The molecule has 1 fully saturated rings. The molecule has 1 aliphatic carbocycles. The monoisotopic (exact) mass is 272 g/mol. The normalized spacial score (nSPS) is 14.1. The number of thiocarbonyl (C=S) groups is 1. The summed E-state index contributed by atoms with van der Waals surface area (Å²) in [6, 6.07) is 14.6. The van der Waals surface area contributed by atoms with E-state index in [2.05, 4.69) is 10.6 Å². The maximum absolute atomic E-state index is 5.79. The van der Waals surface area contributed by atoms with E-state index in [0.29, 0.717) is 17.7 Å². The lowest BCUT2D eigenvalue weighted by atomic mass is 10.2. The SMILES string of the molecule is S=C(NCc1ccc(-c2ccccc2)o1)NC1CC1. The lowest BCUT2D eigenvalue weighted by Crippen LogP contribution is -2.35. The molecule has 0 radical (unpaired) electrons. The Morgan fingerprint density at radius 2 is 1.95 bits per heavy atom. The van der Waals surface area contributed by atoms with E-state index in [0.717, 1.165) is 17.1 Å². The molecule has 4 heteroatoms. The zero-order chi connectivity index (χ0) is 13.1. The highest BCUT2D eigenvalue weighted by Crippen LogP contribution is 2.21. The Balaban J connectivity index is 1.57. The smallest absolute Gasteiger partial charge is 0.166 e. The molecule has 0 atom stereocenters. The fourth-order valence-electron chi connectivity index (χ4n) is 1.86. The van der Waals surface area contributed by atoms with Crippen molar-refractivity contribution < 1.29 is 4.42 Å². The van der Waals surface area contributed by atoms with Gasteiger partial charge in [0.2, 0.25) is 0 Å². The molecule has 1 saturated carbocycles. The zero-order valence-electron chi connectivity index (χ0n) is 10.6. The topological polar surface area (TPSA) is 37.2 Å². The summed E-state index contributed by atoms with van der Waals surface area (Å²) in [6.45, 7) is 0.616. The molecule has 98 valence electrons. The highest BCUT2D eigenvalue weighted by Gasteiger charge is 2.21. The third kappa shape index (κ3) is 3.35. The van der Waals surface area contributed by atoms with Crippen LogP contribution in [0, 0.1) is 0 Å². The third-order valence-corrected chi connectivity index (χ3v) is 3.32. The van der Waals surface area contributed by atoms with E-state index in [1.54, 1.807) is 0 Å². The van der Waals surface area contributed by atoms with Gasteiger partial charge in [0, 0.05) is 11.6 Å². The molecule has 0 saturated heterocycles. The van der Waals surface area contributed by atoms with Gasteiger partial charge in [-0.2, -0.15) is 0 Å². The van der Waals surface area contributed by atoms with Gasteiger partial charge in [0.05, 0.1) is 6.54 Å².